The summed E-state index contributed by atoms with van der Waals surface area (Å²) in [5, 5.41) is 0.575. The molecule has 0 radical (unpaired) electrons. The number of hydrogen-bond acceptors (Lipinski definition) is 4. The van der Waals surface area contributed by atoms with E-state index in [0.717, 1.165) is 18.4 Å². The molecule has 26 heavy (non-hydrogen) atoms. The molecule has 0 bridgehead atoms. The molecule has 140 valence electrons. The van der Waals surface area contributed by atoms with E-state index in [9.17, 15) is 16.8 Å². The Kier molecular flexibility index (Phi) is 5.69. The molecule has 3 rings (SSSR count). The molecule has 1 N–H and O–H groups in total. The molecule has 1 saturated heterocycles. The zero-order chi connectivity index (χ0) is 18.8. The molecule has 2 aromatic rings. The molecule has 0 saturated carbocycles. The maximum absolute atomic E-state index is 12.5. The number of halogens is 1. The van der Waals surface area contributed by atoms with Crippen LogP contribution in [-0.4, -0.2) is 34.2 Å². The molecule has 9 heteroatoms. The quantitative estimate of drug-likeness (QED) is 0.787. The Balaban J connectivity index is 1.73. The monoisotopic (exact) mass is 414 g/mol. The first-order chi connectivity index (χ1) is 12.3. The number of hydrogen-bond donors (Lipinski definition) is 1. The lowest BCUT2D eigenvalue weighted by Crippen LogP contribution is -2.28. The lowest BCUT2D eigenvalue weighted by Gasteiger charge is -2.15. The predicted molar refractivity (Wildman–Crippen MR) is 99.9 cm³/mol. The predicted octanol–water partition coefficient (Wildman–Crippen LogP) is 2.60. The number of sulfonamides is 2. The fourth-order valence-electron chi connectivity index (χ4n) is 2.73. The average Bonchev–Trinajstić information content (AvgIpc) is 3.17. The Morgan fingerprint density at radius 1 is 0.846 bits per heavy atom. The number of rotatable bonds is 6. The van der Waals surface area contributed by atoms with Gasteiger partial charge in [-0.05, 0) is 54.8 Å². The lowest BCUT2D eigenvalue weighted by atomic mass is 10.2. The first kappa shape index (κ1) is 19.3. The highest BCUT2D eigenvalue weighted by Gasteiger charge is 2.27. The van der Waals surface area contributed by atoms with Crippen molar-refractivity contribution in [2.24, 2.45) is 0 Å². The van der Waals surface area contributed by atoms with Crippen molar-refractivity contribution in [3.63, 3.8) is 0 Å². The van der Waals surface area contributed by atoms with Gasteiger partial charge in [0.2, 0.25) is 20.0 Å². The summed E-state index contributed by atoms with van der Waals surface area (Å²) in [5.41, 5.74) is 0.770. The smallest absolute Gasteiger partial charge is 0.207 e. The highest BCUT2D eigenvalue weighted by Crippen LogP contribution is 2.22. The van der Waals surface area contributed by atoms with E-state index >= 15 is 0 Å². The molecule has 1 fully saturated rings. The summed E-state index contributed by atoms with van der Waals surface area (Å²) < 4.78 is 53.7. The minimum atomic E-state index is -3.74. The summed E-state index contributed by atoms with van der Waals surface area (Å²) in [5.74, 6) is 0. The third kappa shape index (κ3) is 4.27. The van der Waals surface area contributed by atoms with Crippen molar-refractivity contribution in [1.29, 1.82) is 0 Å². The topological polar surface area (TPSA) is 83.5 Å². The van der Waals surface area contributed by atoms with Gasteiger partial charge in [0.15, 0.2) is 0 Å². The van der Waals surface area contributed by atoms with Crippen molar-refractivity contribution in [2.75, 3.05) is 13.1 Å². The lowest BCUT2D eigenvalue weighted by molar-refractivity contribution is 0.477. The van der Waals surface area contributed by atoms with Gasteiger partial charge in [0.25, 0.3) is 0 Å². The van der Waals surface area contributed by atoms with Crippen LogP contribution in [0.3, 0.4) is 0 Å². The maximum Gasteiger partial charge on any atom is 0.243 e. The maximum atomic E-state index is 12.5. The standard InChI is InChI=1S/C17H19ClN2O4S2/c18-15-5-3-14(4-6-15)13-19-25(21,22)16-7-9-17(10-8-16)26(23,24)20-11-1-2-12-20/h3-10,19H,1-2,11-13H2. The zero-order valence-electron chi connectivity index (χ0n) is 13.9. The molecule has 0 aliphatic carbocycles. The first-order valence-corrected chi connectivity index (χ1v) is 11.4. The van der Waals surface area contributed by atoms with E-state index in [-0.39, 0.29) is 16.3 Å². The molecule has 0 unspecified atom stereocenters. The normalized spacial score (nSPS) is 16.0. The molecular weight excluding hydrogens is 396 g/mol. The molecule has 1 aliphatic heterocycles. The van der Waals surface area contributed by atoms with Crippen molar-refractivity contribution in [1.82, 2.24) is 9.03 Å². The summed E-state index contributed by atoms with van der Waals surface area (Å²) in [4.78, 5) is 0.128. The Morgan fingerprint density at radius 2 is 1.38 bits per heavy atom. The van der Waals surface area contributed by atoms with Crippen LogP contribution in [0.2, 0.25) is 5.02 Å². The Labute approximate surface area is 158 Å². The number of nitrogens with zero attached hydrogens (tertiary/aromatic N) is 1. The van der Waals surface area contributed by atoms with Gasteiger partial charge in [-0.25, -0.2) is 21.6 Å². The van der Waals surface area contributed by atoms with E-state index in [1.165, 1.54) is 28.6 Å². The van der Waals surface area contributed by atoms with Crippen LogP contribution < -0.4 is 4.72 Å². The van der Waals surface area contributed by atoms with Gasteiger partial charge in [0, 0.05) is 24.7 Å². The van der Waals surface area contributed by atoms with E-state index in [0.29, 0.717) is 18.1 Å². The fourth-order valence-corrected chi connectivity index (χ4v) is 5.39. The Hall–Kier alpha value is -1.45. The van der Waals surface area contributed by atoms with Crippen molar-refractivity contribution in [3.8, 4) is 0 Å². The Bertz CT molecular complexity index is 966. The van der Waals surface area contributed by atoms with E-state index in [2.05, 4.69) is 4.72 Å². The van der Waals surface area contributed by atoms with Crippen LogP contribution in [0.25, 0.3) is 0 Å². The van der Waals surface area contributed by atoms with E-state index in [1.54, 1.807) is 24.3 Å². The average molecular weight is 415 g/mol. The Morgan fingerprint density at radius 3 is 1.96 bits per heavy atom. The van der Waals surface area contributed by atoms with Gasteiger partial charge in [0.05, 0.1) is 9.79 Å². The van der Waals surface area contributed by atoms with Crippen LogP contribution >= 0.6 is 11.6 Å². The molecule has 1 aliphatic rings. The van der Waals surface area contributed by atoms with Crippen molar-refractivity contribution < 1.29 is 16.8 Å². The second-order valence-corrected chi connectivity index (χ2v) is 10.2. The van der Waals surface area contributed by atoms with Gasteiger partial charge in [-0.1, -0.05) is 23.7 Å². The summed E-state index contributed by atoms with van der Waals surface area (Å²) in [6.45, 7) is 1.13. The fraction of sp³-hybridized carbons (Fsp3) is 0.294. The SMILES string of the molecule is O=S(=O)(NCc1ccc(Cl)cc1)c1ccc(S(=O)(=O)N2CCCC2)cc1. The molecular formula is C17H19ClN2O4S2. The first-order valence-electron chi connectivity index (χ1n) is 8.13. The summed E-state index contributed by atoms with van der Waals surface area (Å²) in [6, 6.07) is 12.1. The highest BCUT2D eigenvalue weighted by molar-refractivity contribution is 7.89. The van der Waals surface area contributed by atoms with E-state index < -0.39 is 20.0 Å². The van der Waals surface area contributed by atoms with Gasteiger partial charge >= 0.3 is 0 Å². The van der Waals surface area contributed by atoms with Crippen molar-refractivity contribution in [3.05, 3.63) is 59.1 Å². The van der Waals surface area contributed by atoms with Gasteiger partial charge in [-0.3, -0.25) is 0 Å². The zero-order valence-corrected chi connectivity index (χ0v) is 16.3. The summed E-state index contributed by atoms with van der Waals surface area (Å²) >= 11 is 5.81. The molecule has 0 amide bonds. The molecule has 0 aromatic heterocycles. The van der Waals surface area contributed by atoms with Crippen LogP contribution in [0.1, 0.15) is 18.4 Å². The van der Waals surface area contributed by atoms with Crippen LogP contribution in [-0.2, 0) is 26.6 Å². The van der Waals surface area contributed by atoms with Gasteiger partial charge < -0.3 is 0 Å². The highest BCUT2D eigenvalue weighted by atomic mass is 35.5. The van der Waals surface area contributed by atoms with Crippen LogP contribution in [0.5, 0.6) is 0 Å². The van der Waals surface area contributed by atoms with Crippen molar-refractivity contribution >= 4 is 31.6 Å². The second-order valence-electron chi connectivity index (χ2n) is 6.03. The molecule has 1 heterocycles. The third-order valence-corrected chi connectivity index (χ3v) is 7.80. The van der Waals surface area contributed by atoms with Crippen LogP contribution in [0.4, 0.5) is 0 Å². The van der Waals surface area contributed by atoms with E-state index in [4.69, 9.17) is 11.6 Å². The summed E-state index contributed by atoms with van der Waals surface area (Å²) in [6.07, 6.45) is 1.70. The molecule has 2 aromatic carbocycles. The van der Waals surface area contributed by atoms with Crippen molar-refractivity contribution in [2.45, 2.75) is 29.2 Å². The molecule has 0 spiro atoms. The van der Waals surface area contributed by atoms with Gasteiger partial charge in [-0.2, -0.15) is 4.31 Å². The largest absolute Gasteiger partial charge is 0.243 e. The van der Waals surface area contributed by atoms with Crippen LogP contribution in [0, 0.1) is 0 Å². The minimum Gasteiger partial charge on any atom is -0.207 e. The van der Waals surface area contributed by atoms with Gasteiger partial charge in [-0.15, -0.1) is 0 Å². The van der Waals surface area contributed by atoms with Crippen LogP contribution in [0.15, 0.2) is 58.3 Å². The third-order valence-electron chi connectivity index (χ3n) is 4.22. The number of nitrogens with one attached hydrogen (secondary N) is 1. The number of benzene rings is 2. The molecule has 6 nitrogen and oxygen atoms in total. The minimum absolute atomic E-state index is 0.0202. The summed E-state index contributed by atoms with van der Waals surface area (Å²) in [7, 11) is -7.30. The van der Waals surface area contributed by atoms with Gasteiger partial charge in [0.1, 0.15) is 0 Å². The second kappa shape index (κ2) is 7.66. The molecule has 0 atom stereocenters. The van der Waals surface area contributed by atoms with E-state index in [1.807, 2.05) is 0 Å².